The van der Waals surface area contributed by atoms with Gasteiger partial charge in [0.05, 0.1) is 5.54 Å². The lowest BCUT2D eigenvalue weighted by Crippen LogP contribution is -2.47. The van der Waals surface area contributed by atoms with E-state index in [1.54, 1.807) is 13.0 Å². The van der Waals surface area contributed by atoms with E-state index in [0.717, 1.165) is 5.69 Å². The zero-order valence-corrected chi connectivity index (χ0v) is 9.37. The zero-order valence-electron chi connectivity index (χ0n) is 9.37. The minimum absolute atomic E-state index is 0.205. The molecular weight excluding hydrogens is 190 g/mol. The predicted octanol–water partition coefficient (Wildman–Crippen LogP) is 1.46. The van der Waals surface area contributed by atoms with Gasteiger partial charge < -0.3 is 11.1 Å². The standard InChI is InChI=1S/C11H17N3O/c1-4-11(3,12)10(15)14-9-7-5-6-8(2)13-9/h5-7H,4,12H2,1-3H3,(H,13,14,15). The topological polar surface area (TPSA) is 68.0 Å². The van der Waals surface area contributed by atoms with Crippen LogP contribution >= 0.6 is 0 Å². The molecular formula is C11H17N3O. The summed E-state index contributed by atoms with van der Waals surface area (Å²) in [7, 11) is 0. The molecule has 0 saturated heterocycles. The van der Waals surface area contributed by atoms with Crippen molar-refractivity contribution in [3.63, 3.8) is 0 Å². The van der Waals surface area contributed by atoms with E-state index in [2.05, 4.69) is 10.3 Å². The number of anilines is 1. The maximum atomic E-state index is 11.7. The highest BCUT2D eigenvalue weighted by Crippen LogP contribution is 2.10. The Kier molecular flexibility index (Phi) is 3.42. The number of amides is 1. The largest absolute Gasteiger partial charge is 0.318 e. The third-order valence-electron chi connectivity index (χ3n) is 2.38. The van der Waals surface area contributed by atoms with Crippen molar-refractivity contribution in [1.82, 2.24) is 4.98 Å². The van der Waals surface area contributed by atoms with Gasteiger partial charge in [0.2, 0.25) is 5.91 Å². The highest BCUT2D eigenvalue weighted by Gasteiger charge is 2.26. The molecule has 4 heteroatoms. The Morgan fingerprint density at radius 1 is 1.60 bits per heavy atom. The summed E-state index contributed by atoms with van der Waals surface area (Å²) in [6.45, 7) is 5.46. The van der Waals surface area contributed by atoms with Crippen molar-refractivity contribution in [2.75, 3.05) is 5.32 Å². The number of carbonyl (C=O) groups is 1. The van der Waals surface area contributed by atoms with Crippen LogP contribution in [0, 0.1) is 6.92 Å². The van der Waals surface area contributed by atoms with Gasteiger partial charge in [0.25, 0.3) is 0 Å². The van der Waals surface area contributed by atoms with Crippen LogP contribution in [0.5, 0.6) is 0 Å². The minimum atomic E-state index is -0.842. The van der Waals surface area contributed by atoms with Gasteiger partial charge in [-0.15, -0.1) is 0 Å². The van der Waals surface area contributed by atoms with E-state index in [0.29, 0.717) is 12.2 Å². The summed E-state index contributed by atoms with van der Waals surface area (Å²) >= 11 is 0. The fourth-order valence-electron chi connectivity index (χ4n) is 1.03. The van der Waals surface area contributed by atoms with Crippen LogP contribution in [0.25, 0.3) is 0 Å². The van der Waals surface area contributed by atoms with E-state index < -0.39 is 5.54 Å². The number of rotatable bonds is 3. The fourth-order valence-corrected chi connectivity index (χ4v) is 1.03. The second-order valence-electron chi connectivity index (χ2n) is 3.89. The normalized spacial score (nSPS) is 14.4. The maximum Gasteiger partial charge on any atom is 0.245 e. The van der Waals surface area contributed by atoms with E-state index in [9.17, 15) is 4.79 Å². The number of pyridine rings is 1. The smallest absolute Gasteiger partial charge is 0.245 e. The molecule has 0 aromatic carbocycles. The Labute approximate surface area is 89.9 Å². The average Bonchev–Trinajstić information content (AvgIpc) is 2.17. The van der Waals surface area contributed by atoms with Crippen LogP contribution in [0.1, 0.15) is 26.0 Å². The Balaban J connectivity index is 2.75. The van der Waals surface area contributed by atoms with Crippen molar-refractivity contribution in [1.29, 1.82) is 0 Å². The van der Waals surface area contributed by atoms with Crippen molar-refractivity contribution in [2.24, 2.45) is 5.73 Å². The van der Waals surface area contributed by atoms with Gasteiger partial charge in [-0.3, -0.25) is 4.79 Å². The summed E-state index contributed by atoms with van der Waals surface area (Å²) < 4.78 is 0. The summed E-state index contributed by atoms with van der Waals surface area (Å²) in [6.07, 6.45) is 0.588. The number of hydrogen-bond donors (Lipinski definition) is 2. The highest BCUT2D eigenvalue weighted by molar-refractivity contribution is 5.96. The lowest BCUT2D eigenvalue weighted by atomic mass is 10.00. The van der Waals surface area contributed by atoms with E-state index in [-0.39, 0.29) is 5.91 Å². The van der Waals surface area contributed by atoms with Crippen LogP contribution in [-0.2, 0) is 4.79 Å². The average molecular weight is 207 g/mol. The fraction of sp³-hybridized carbons (Fsp3) is 0.455. The van der Waals surface area contributed by atoms with Crippen molar-refractivity contribution < 1.29 is 4.79 Å². The molecule has 0 saturated carbocycles. The molecule has 0 radical (unpaired) electrons. The first-order valence-corrected chi connectivity index (χ1v) is 4.99. The van der Waals surface area contributed by atoms with Crippen LogP contribution in [0.2, 0.25) is 0 Å². The van der Waals surface area contributed by atoms with Crippen LogP contribution in [-0.4, -0.2) is 16.4 Å². The quantitative estimate of drug-likeness (QED) is 0.788. The van der Waals surface area contributed by atoms with Crippen LogP contribution < -0.4 is 11.1 Å². The van der Waals surface area contributed by atoms with E-state index >= 15 is 0 Å². The third-order valence-corrected chi connectivity index (χ3v) is 2.38. The lowest BCUT2D eigenvalue weighted by Gasteiger charge is -2.21. The summed E-state index contributed by atoms with van der Waals surface area (Å²) in [4.78, 5) is 15.9. The van der Waals surface area contributed by atoms with Gasteiger partial charge in [-0.1, -0.05) is 13.0 Å². The second-order valence-corrected chi connectivity index (χ2v) is 3.89. The molecule has 1 aromatic heterocycles. The molecule has 82 valence electrons. The molecule has 4 nitrogen and oxygen atoms in total. The van der Waals surface area contributed by atoms with Crippen LogP contribution in [0.4, 0.5) is 5.82 Å². The summed E-state index contributed by atoms with van der Waals surface area (Å²) in [5, 5.41) is 2.70. The van der Waals surface area contributed by atoms with E-state index in [1.165, 1.54) is 0 Å². The molecule has 1 aromatic rings. The number of hydrogen-bond acceptors (Lipinski definition) is 3. The third kappa shape index (κ3) is 3.02. The van der Waals surface area contributed by atoms with E-state index in [1.807, 2.05) is 26.0 Å². The first-order valence-electron chi connectivity index (χ1n) is 4.99. The predicted molar refractivity (Wildman–Crippen MR) is 60.5 cm³/mol. The summed E-state index contributed by atoms with van der Waals surface area (Å²) in [5.74, 6) is 0.341. The van der Waals surface area contributed by atoms with Crippen LogP contribution in [0.15, 0.2) is 18.2 Å². The summed E-state index contributed by atoms with van der Waals surface area (Å²) in [5.41, 5.74) is 5.83. The number of nitrogens with zero attached hydrogens (tertiary/aromatic N) is 1. The molecule has 0 fully saturated rings. The molecule has 0 aliphatic carbocycles. The molecule has 15 heavy (non-hydrogen) atoms. The molecule has 0 bridgehead atoms. The number of carbonyl (C=O) groups excluding carboxylic acids is 1. The SMILES string of the molecule is CCC(C)(N)C(=O)Nc1cccc(C)n1. The Morgan fingerprint density at radius 2 is 2.27 bits per heavy atom. The number of aryl methyl sites for hydroxylation is 1. The van der Waals surface area contributed by atoms with Crippen molar-refractivity contribution in [3.05, 3.63) is 23.9 Å². The van der Waals surface area contributed by atoms with E-state index in [4.69, 9.17) is 5.73 Å². The number of aromatic nitrogens is 1. The van der Waals surface area contributed by atoms with Gasteiger partial charge in [-0.25, -0.2) is 4.98 Å². The molecule has 1 amide bonds. The molecule has 1 unspecified atom stereocenters. The van der Waals surface area contributed by atoms with Gasteiger partial charge in [0.1, 0.15) is 5.82 Å². The second kappa shape index (κ2) is 4.40. The monoisotopic (exact) mass is 207 g/mol. The number of nitrogens with two attached hydrogens (primary N) is 1. The molecule has 0 aliphatic rings. The first-order chi connectivity index (χ1) is 6.95. The van der Waals surface area contributed by atoms with Crippen molar-refractivity contribution >= 4 is 11.7 Å². The molecule has 0 aliphatic heterocycles. The molecule has 1 atom stereocenters. The van der Waals surface area contributed by atoms with Crippen molar-refractivity contribution in [3.8, 4) is 0 Å². The first kappa shape index (κ1) is 11.7. The van der Waals surface area contributed by atoms with Gasteiger partial charge in [0.15, 0.2) is 0 Å². The van der Waals surface area contributed by atoms with Gasteiger partial charge in [-0.05, 0) is 32.4 Å². The molecule has 1 heterocycles. The highest BCUT2D eigenvalue weighted by atomic mass is 16.2. The maximum absolute atomic E-state index is 11.7. The van der Waals surface area contributed by atoms with Gasteiger partial charge >= 0.3 is 0 Å². The Hall–Kier alpha value is -1.42. The zero-order chi connectivity index (χ0) is 11.5. The van der Waals surface area contributed by atoms with Gasteiger partial charge in [0, 0.05) is 5.69 Å². The van der Waals surface area contributed by atoms with Crippen LogP contribution in [0.3, 0.4) is 0 Å². The Bertz CT molecular complexity index is 361. The molecule has 1 rings (SSSR count). The Morgan fingerprint density at radius 3 is 2.80 bits per heavy atom. The molecule has 0 spiro atoms. The molecule has 3 N–H and O–H groups in total. The lowest BCUT2D eigenvalue weighted by molar-refractivity contribution is -0.120. The number of nitrogens with one attached hydrogen (secondary N) is 1. The minimum Gasteiger partial charge on any atom is -0.318 e. The van der Waals surface area contributed by atoms with Crippen molar-refractivity contribution in [2.45, 2.75) is 32.7 Å². The summed E-state index contributed by atoms with van der Waals surface area (Å²) in [6, 6.07) is 5.46. The van der Waals surface area contributed by atoms with Gasteiger partial charge in [-0.2, -0.15) is 0 Å².